The molecule has 1 saturated heterocycles. The molecule has 1 fully saturated rings. The molecule has 2 N–H and O–H groups in total. The van der Waals surface area contributed by atoms with Crippen molar-refractivity contribution in [1.29, 1.82) is 0 Å². The Bertz CT molecular complexity index is 484. The summed E-state index contributed by atoms with van der Waals surface area (Å²) < 4.78 is 5.58. The first-order valence-electron chi connectivity index (χ1n) is 7.08. The van der Waals surface area contributed by atoms with Crippen molar-refractivity contribution >= 4 is 24.2 Å². The summed E-state index contributed by atoms with van der Waals surface area (Å²) >= 11 is 0. The van der Waals surface area contributed by atoms with Gasteiger partial charge in [0.2, 0.25) is 11.8 Å². The summed E-state index contributed by atoms with van der Waals surface area (Å²) in [4.78, 5) is 25.1. The summed E-state index contributed by atoms with van der Waals surface area (Å²) in [6, 6.07) is 9.40. The summed E-state index contributed by atoms with van der Waals surface area (Å²) in [5.41, 5.74) is 0. The van der Waals surface area contributed by atoms with Crippen LogP contribution in [0.4, 0.5) is 0 Å². The SMILES string of the molecule is CNCC(=O)NC1CC(=O)N(CCOc2ccccc2)C1.Cl. The summed E-state index contributed by atoms with van der Waals surface area (Å²) in [6.07, 6.45) is 0.362. The second-order valence-corrected chi connectivity index (χ2v) is 5.00. The van der Waals surface area contributed by atoms with Crippen molar-refractivity contribution in [1.82, 2.24) is 15.5 Å². The van der Waals surface area contributed by atoms with Crippen molar-refractivity contribution in [2.24, 2.45) is 0 Å². The predicted octanol–water partition coefficient (Wildman–Crippen LogP) is 0.424. The Morgan fingerprint density at radius 1 is 1.36 bits per heavy atom. The van der Waals surface area contributed by atoms with E-state index in [1.54, 1.807) is 11.9 Å². The van der Waals surface area contributed by atoms with Gasteiger partial charge in [0.25, 0.3) is 0 Å². The minimum atomic E-state index is -0.102. The number of likely N-dealkylation sites (N-methyl/N-ethyl adjacent to an activating group) is 1. The van der Waals surface area contributed by atoms with Crippen LogP contribution in [-0.4, -0.2) is 56.0 Å². The Hall–Kier alpha value is -1.79. The van der Waals surface area contributed by atoms with E-state index in [0.29, 0.717) is 26.1 Å². The summed E-state index contributed by atoms with van der Waals surface area (Å²) in [5.74, 6) is 0.766. The molecule has 1 aromatic carbocycles. The van der Waals surface area contributed by atoms with Crippen LogP contribution in [0.3, 0.4) is 0 Å². The van der Waals surface area contributed by atoms with Crippen LogP contribution in [0.2, 0.25) is 0 Å². The molecule has 122 valence electrons. The molecule has 1 atom stereocenters. The molecular formula is C15H22ClN3O3. The van der Waals surface area contributed by atoms with Gasteiger partial charge in [0, 0.05) is 13.0 Å². The van der Waals surface area contributed by atoms with E-state index < -0.39 is 0 Å². The minimum Gasteiger partial charge on any atom is -0.492 e. The number of benzene rings is 1. The van der Waals surface area contributed by atoms with Gasteiger partial charge in [-0.15, -0.1) is 12.4 Å². The number of carbonyl (C=O) groups is 2. The number of likely N-dealkylation sites (tertiary alicyclic amines) is 1. The van der Waals surface area contributed by atoms with Crippen molar-refractivity contribution in [2.45, 2.75) is 12.5 Å². The molecule has 0 aliphatic carbocycles. The molecule has 2 amide bonds. The van der Waals surface area contributed by atoms with Gasteiger partial charge < -0.3 is 20.3 Å². The molecule has 1 unspecified atom stereocenters. The Morgan fingerprint density at radius 3 is 2.77 bits per heavy atom. The highest BCUT2D eigenvalue weighted by Crippen LogP contribution is 2.12. The van der Waals surface area contributed by atoms with Crippen LogP contribution in [0, 0.1) is 0 Å². The zero-order valence-electron chi connectivity index (χ0n) is 12.6. The zero-order valence-corrected chi connectivity index (χ0v) is 13.4. The molecule has 1 heterocycles. The fraction of sp³-hybridized carbons (Fsp3) is 0.467. The highest BCUT2D eigenvalue weighted by molar-refractivity contribution is 5.85. The molecule has 0 spiro atoms. The van der Waals surface area contributed by atoms with Crippen LogP contribution in [0.1, 0.15) is 6.42 Å². The maximum atomic E-state index is 11.9. The van der Waals surface area contributed by atoms with Crippen molar-refractivity contribution in [2.75, 3.05) is 33.3 Å². The average Bonchev–Trinajstić information content (AvgIpc) is 2.80. The largest absolute Gasteiger partial charge is 0.492 e. The molecule has 1 aliphatic heterocycles. The van der Waals surface area contributed by atoms with Crippen LogP contribution in [0.15, 0.2) is 30.3 Å². The van der Waals surface area contributed by atoms with E-state index in [9.17, 15) is 9.59 Å². The van der Waals surface area contributed by atoms with Crippen LogP contribution in [0.5, 0.6) is 5.75 Å². The van der Waals surface area contributed by atoms with E-state index >= 15 is 0 Å². The third kappa shape index (κ3) is 5.54. The number of nitrogens with zero attached hydrogens (tertiary/aromatic N) is 1. The van der Waals surface area contributed by atoms with E-state index in [-0.39, 0.29) is 36.8 Å². The number of ether oxygens (including phenoxy) is 1. The van der Waals surface area contributed by atoms with Gasteiger partial charge >= 0.3 is 0 Å². The standard InChI is InChI=1S/C15H21N3O3.ClH/c1-16-10-14(19)17-12-9-15(20)18(11-12)7-8-21-13-5-3-2-4-6-13;/h2-6,12,16H,7-11H2,1H3,(H,17,19);1H. The van der Waals surface area contributed by atoms with E-state index in [0.717, 1.165) is 5.75 Å². The van der Waals surface area contributed by atoms with Crippen LogP contribution >= 0.6 is 12.4 Å². The molecule has 22 heavy (non-hydrogen) atoms. The Labute approximate surface area is 136 Å². The third-order valence-corrected chi connectivity index (χ3v) is 3.29. The molecule has 7 heteroatoms. The molecule has 0 saturated carbocycles. The first-order chi connectivity index (χ1) is 10.2. The van der Waals surface area contributed by atoms with Crippen LogP contribution in [-0.2, 0) is 9.59 Å². The molecule has 0 bridgehead atoms. The average molecular weight is 328 g/mol. The maximum Gasteiger partial charge on any atom is 0.234 e. The maximum absolute atomic E-state index is 11.9. The quantitative estimate of drug-likeness (QED) is 0.761. The number of nitrogens with one attached hydrogen (secondary N) is 2. The second-order valence-electron chi connectivity index (χ2n) is 5.00. The predicted molar refractivity (Wildman–Crippen MR) is 86.2 cm³/mol. The van der Waals surface area contributed by atoms with Gasteiger partial charge in [-0.1, -0.05) is 18.2 Å². The second kappa shape index (κ2) is 9.27. The molecule has 0 radical (unpaired) electrons. The number of halogens is 1. The fourth-order valence-electron chi connectivity index (χ4n) is 2.31. The number of hydrogen-bond acceptors (Lipinski definition) is 4. The minimum absolute atomic E-state index is 0. The lowest BCUT2D eigenvalue weighted by atomic mass is 10.2. The molecule has 0 aromatic heterocycles. The van der Waals surface area contributed by atoms with Crippen molar-refractivity contribution < 1.29 is 14.3 Å². The van der Waals surface area contributed by atoms with Crippen LogP contribution < -0.4 is 15.4 Å². The highest BCUT2D eigenvalue weighted by atomic mass is 35.5. The summed E-state index contributed by atoms with van der Waals surface area (Å²) in [7, 11) is 1.71. The number of carbonyl (C=O) groups excluding carboxylic acids is 2. The Morgan fingerprint density at radius 2 is 2.09 bits per heavy atom. The monoisotopic (exact) mass is 327 g/mol. The van der Waals surface area contributed by atoms with Crippen molar-refractivity contribution in [3.05, 3.63) is 30.3 Å². The van der Waals surface area contributed by atoms with Gasteiger partial charge in [0.05, 0.1) is 19.1 Å². The number of para-hydroxylation sites is 1. The molecule has 1 aromatic rings. The molecule has 1 aliphatic rings. The third-order valence-electron chi connectivity index (χ3n) is 3.29. The summed E-state index contributed by atoms with van der Waals surface area (Å²) in [6.45, 7) is 1.80. The highest BCUT2D eigenvalue weighted by Gasteiger charge is 2.30. The van der Waals surface area contributed by atoms with E-state index in [4.69, 9.17) is 4.74 Å². The molecule has 2 rings (SSSR count). The van der Waals surface area contributed by atoms with E-state index in [1.165, 1.54) is 0 Å². The van der Waals surface area contributed by atoms with Gasteiger partial charge in [-0.05, 0) is 19.2 Å². The summed E-state index contributed by atoms with van der Waals surface area (Å²) in [5, 5.41) is 5.63. The molecule has 6 nitrogen and oxygen atoms in total. The van der Waals surface area contributed by atoms with Crippen molar-refractivity contribution in [3.8, 4) is 5.75 Å². The van der Waals surface area contributed by atoms with Gasteiger partial charge in [-0.25, -0.2) is 0 Å². The smallest absolute Gasteiger partial charge is 0.234 e. The first-order valence-corrected chi connectivity index (χ1v) is 7.08. The number of amides is 2. The zero-order chi connectivity index (χ0) is 15.1. The lowest BCUT2D eigenvalue weighted by molar-refractivity contribution is -0.128. The number of rotatable bonds is 7. The Balaban J connectivity index is 0.00000242. The number of hydrogen-bond donors (Lipinski definition) is 2. The normalized spacial score (nSPS) is 17.0. The van der Waals surface area contributed by atoms with Gasteiger partial charge in [-0.2, -0.15) is 0 Å². The Kier molecular flexibility index (Phi) is 7.70. The van der Waals surface area contributed by atoms with Gasteiger partial charge in [0.1, 0.15) is 12.4 Å². The van der Waals surface area contributed by atoms with Gasteiger partial charge in [0.15, 0.2) is 0 Å². The fourth-order valence-corrected chi connectivity index (χ4v) is 2.31. The first kappa shape index (κ1) is 18.3. The van der Waals surface area contributed by atoms with Gasteiger partial charge in [-0.3, -0.25) is 9.59 Å². The van der Waals surface area contributed by atoms with E-state index in [1.807, 2.05) is 30.3 Å². The molecular weight excluding hydrogens is 306 g/mol. The lowest BCUT2D eigenvalue weighted by Gasteiger charge is -2.17. The van der Waals surface area contributed by atoms with Crippen LogP contribution in [0.25, 0.3) is 0 Å². The van der Waals surface area contributed by atoms with Crippen molar-refractivity contribution in [3.63, 3.8) is 0 Å². The lowest BCUT2D eigenvalue weighted by Crippen LogP contribution is -2.41. The van der Waals surface area contributed by atoms with E-state index in [2.05, 4.69) is 10.6 Å². The topological polar surface area (TPSA) is 70.7 Å².